The Morgan fingerprint density at radius 3 is 2.36 bits per heavy atom. The SMILES string of the molecule is C[C@@H]1CC[C@H]2C(=O)N(N(Cc3ccc(Cl)c(Cl)c3)C(=O)c3ccc([N+](=O)[O-])cc3)C(=O)[C@@H]2C1. The summed E-state index contributed by atoms with van der Waals surface area (Å²) in [6, 6.07) is 9.83. The summed E-state index contributed by atoms with van der Waals surface area (Å²) in [6.07, 6.45) is 2.04. The van der Waals surface area contributed by atoms with Crippen LogP contribution in [0.15, 0.2) is 42.5 Å². The van der Waals surface area contributed by atoms with Gasteiger partial charge in [-0.15, -0.1) is 0 Å². The minimum Gasteiger partial charge on any atom is -0.272 e. The maximum Gasteiger partial charge on any atom is 0.273 e. The maximum atomic E-state index is 13.5. The van der Waals surface area contributed by atoms with Crippen LogP contribution in [0.2, 0.25) is 10.0 Å². The predicted molar refractivity (Wildman–Crippen MR) is 121 cm³/mol. The Bertz CT molecular complexity index is 1140. The first-order valence-electron chi connectivity index (χ1n) is 10.6. The Kier molecular flexibility index (Phi) is 6.41. The molecule has 3 atom stereocenters. The molecule has 0 bridgehead atoms. The molecule has 2 aromatic rings. The van der Waals surface area contributed by atoms with Gasteiger partial charge in [-0.2, -0.15) is 5.01 Å². The number of nitro groups is 1. The van der Waals surface area contributed by atoms with Gasteiger partial charge in [0.1, 0.15) is 0 Å². The third-order valence-electron chi connectivity index (χ3n) is 6.28. The van der Waals surface area contributed by atoms with E-state index >= 15 is 0 Å². The van der Waals surface area contributed by atoms with E-state index in [1.807, 2.05) is 6.92 Å². The number of hydrogen-bond acceptors (Lipinski definition) is 5. The lowest BCUT2D eigenvalue weighted by Gasteiger charge is -2.30. The minimum absolute atomic E-state index is 0.0980. The van der Waals surface area contributed by atoms with Crippen molar-refractivity contribution in [3.63, 3.8) is 0 Å². The highest BCUT2D eigenvalue weighted by atomic mass is 35.5. The Hall–Kier alpha value is -2.97. The van der Waals surface area contributed by atoms with Crippen molar-refractivity contribution >= 4 is 46.6 Å². The first-order chi connectivity index (χ1) is 15.7. The smallest absolute Gasteiger partial charge is 0.272 e. The molecule has 1 aliphatic carbocycles. The Morgan fingerprint density at radius 1 is 1.06 bits per heavy atom. The second kappa shape index (κ2) is 9.11. The predicted octanol–water partition coefficient (Wildman–Crippen LogP) is 4.88. The number of benzene rings is 2. The largest absolute Gasteiger partial charge is 0.273 e. The van der Waals surface area contributed by atoms with E-state index in [4.69, 9.17) is 23.2 Å². The van der Waals surface area contributed by atoms with Gasteiger partial charge in [0.05, 0.1) is 33.3 Å². The van der Waals surface area contributed by atoms with Crippen molar-refractivity contribution in [1.29, 1.82) is 0 Å². The van der Waals surface area contributed by atoms with Crippen LogP contribution in [-0.2, 0) is 16.1 Å². The first-order valence-corrected chi connectivity index (χ1v) is 11.3. The van der Waals surface area contributed by atoms with Gasteiger partial charge in [-0.25, -0.2) is 5.01 Å². The lowest BCUT2D eigenvalue weighted by Crippen LogP contribution is -2.49. The minimum atomic E-state index is -0.621. The molecule has 3 amide bonds. The number of nitro benzene ring substituents is 1. The standard InChI is InChI=1S/C23H21Cl2N3O5/c1-13-2-8-17-18(10-13)23(31)27(22(17)30)26(12-14-3-9-19(24)20(25)11-14)21(29)15-4-6-16(7-5-15)28(32)33/h3-7,9,11,13,17-18H,2,8,10,12H2,1H3/t13-,17-,18-/m1/s1. The summed E-state index contributed by atoms with van der Waals surface area (Å²) in [6.45, 7) is 1.95. The Labute approximate surface area is 200 Å². The van der Waals surface area contributed by atoms with Crippen molar-refractivity contribution in [1.82, 2.24) is 10.0 Å². The summed E-state index contributed by atoms with van der Waals surface area (Å²) < 4.78 is 0. The zero-order valence-electron chi connectivity index (χ0n) is 17.7. The molecule has 33 heavy (non-hydrogen) atoms. The van der Waals surface area contributed by atoms with Crippen LogP contribution in [0.4, 0.5) is 5.69 Å². The number of hydrazine groups is 1. The normalized spacial score (nSPS) is 22.3. The van der Waals surface area contributed by atoms with E-state index in [9.17, 15) is 24.5 Å². The van der Waals surface area contributed by atoms with Gasteiger partial charge >= 0.3 is 0 Å². The number of hydrogen-bond donors (Lipinski definition) is 0. The highest BCUT2D eigenvalue weighted by Gasteiger charge is 2.52. The zero-order valence-corrected chi connectivity index (χ0v) is 19.3. The number of rotatable bonds is 5. The molecule has 172 valence electrons. The topological polar surface area (TPSA) is 101 Å². The fourth-order valence-corrected chi connectivity index (χ4v) is 4.85. The summed E-state index contributed by atoms with van der Waals surface area (Å²) in [5.74, 6) is -2.00. The summed E-state index contributed by atoms with van der Waals surface area (Å²) in [5.41, 5.74) is 0.518. The molecule has 1 aliphatic heterocycles. The number of carbonyl (C=O) groups excluding carboxylic acids is 3. The molecular formula is C23H21Cl2N3O5. The van der Waals surface area contributed by atoms with E-state index in [0.717, 1.165) is 16.4 Å². The summed E-state index contributed by atoms with van der Waals surface area (Å²) in [5, 5.41) is 13.6. The van der Waals surface area contributed by atoms with E-state index in [2.05, 4.69) is 0 Å². The van der Waals surface area contributed by atoms with Crippen LogP contribution in [-0.4, -0.2) is 32.7 Å². The molecule has 0 aromatic heterocycles. The number of imide groups is 1. The average molecular weight is 490 g/mol. The molecule has 10 heteroatoms. The van der Waals surface area contributed by atoms with E-state index in [1.165, 1.54) is 24.3 Å². The van der Waals surface area contributed by atoms with E-state index in [0.29, 0.717) is 29.3 Å². The van der Waals surface area contributed by atoms with Crippen molar-refractivity contribution in [2.75, 3.05) is 0 Å². The third kappa shape index (κ3) is 4.45. The molecule has 2 aliphatic rings. The van der Waals surface area contributed by atoms with E-state index < -0.39 is 34.5 Å². The highest BCUT2D eigenvalue weighted by Crippen LogP contribution is 2.41. The van der Waals surface area contributed by atoms with Gasteiger partial charge in [0.15, 0.2) is 0 Å². The van der Waals surface area contributed by atoms with Crippen LogP contribution in [0.25, 0.3) is 0 Å². The Morgan fingerprint density at radius 2 is 1.73 bits per heavy atom. The van der Waals surface area contributed by atoms with Crippen LogP contribution in [0.1, 0.15) is 42.1 Å². The lowest BCUT2D eigenvalue weighted by atomic mass is 9.76. The lowest BCUT2D eigenvalue weighted by molar-refractivity contribution is -0.384. The molecule has 1 saturated heterocycles. The molecular weight excluding hydrogens is 469 g/mol. The molecule has 1 saturated carbocycles. The van der Waals surface area contributed by atoms with Crippen molar-refractivity contribution in [2.24, 2.45) is 17.8 Å². The van der Waals surface area contributed by atoms with Crippen LogP contribution >= 0.6 is 23.2 Å². The fraction of sp³-hybridized carbons (Fsp3) is 0.348. The number of amides is 3. The molecule has 2 aromatic carbocycles. The van der Waals surface area contributed by atoms with Crippen molar-refractivity contribution in [3.05, 3.63) is 73.8 Å². The van der Waals surface area contributed by atoms with Crippen LogP contribution in [0.3, 0.4) is 0 Å². The van der Waals surface area contributed by atoms with Gasteiger partial charge in [0, 0.05) is 17.7 Å². The van der Waals surface area contributed by atoms with Gasteiger partial charge in [-0.05, 0) is 55.0 Å². The molecule has 0 spiro atoms. The van der Waals surface area contributed by atoms with Crippen molar-refractivity contribution in [3.8, 4) is 0 Å². The van der Waals surface area contributed by atoms with Crippen LogP contribution in [0, 0.1) is 27.9 Å². The van der Waals surface area contributed by atoms with Crippen molar-refractivity contribution < 1.29 is 19.3 Å². The highest BCUT2D eigenvalue weighted by molar-refractivity contribution is 6.42. The van der Waals surface area contributed by atoms with Gasteiger partial charge in [0.2, 0.25) is 0 Å². The van der Waals surface area contributed by atoms with Gasteiger partial charge < -0.3 is 0 Å². The van der Waals surface area contributed by atoms with Gasteiger partial charge in [-0.1, -0.05) is 36.2 Å². The molecule has 0 unspecified atom stereocenters. The second-order valence-electron chi connectivity index (χ2n) is 8.53. The summed E-state index contributed by atoms with van der Waals surface area (Å²) >= 11 is 12.1. The number of carbonyl (C=O) groups is 3. The summed E-state index contributed by atoms with van der Waals surface area (Å²) in [7, 11) is 0. The fourth-order valence-electron chi connectivity index (χ4n) is 4.53. The Balaban J connectivity index is 1.71. The average Bonchev–Trinajstić information content (AvgIpc) is 3.03. The number of nitrogens with zero attached hydrogens (tertiary/aromatic N) is 3. The maximum absolute atomic E-state index is 13.5. The van der Waals surface area contributed by atoms with E-state index in [1.54, 1.807) is 18.2 Å². The molecule has 8 nitrogen and oxygen atoms in total. The molecule has 1 heterocycles. The molecule has 4 rings (SSSR count). The number of non-ortho nitro benzene ring substituents is 1. The molecule has 0 radical (unpaired) electrons. The molecule has 0 N–H and O–H groups in total. The van der Waals surface area contributed by atoms with Gasteiger partial charge in [-0.3, -0.25) is 24.5 Å². The molecule has 2 fully saturated rings. The third-order valence-corrected chi connectivity index (χ3v) is 7.02. The monoisotopic (exact) mass is 489 g/mol. The van der Waals surface area contributed by atoms with E-state index in [-0.39, 0.29) is 22.8 Å². The summed E-state index contributed by atoms with van der Waals surface area (Å²) in [4.78, 5) is 50.5. The van der Waals surface area contributed by atoms with Crippen LogP contribution < -0.4 is 0 Å². The second-order valence-corrected chi connectivity index (χ2v) is 9.35. The van der Waals surface area contributed by atoms with Gasteiger partial charge in [0.25, 0.3) is 23.4 Å². The van der Waals surface area contributed by atoms with Crippen molar-refractivity contribution in [2.45, 2.75) is 32.7 Å². The number of fused-ring (bicyclic) bond motifs is 1. The quantitative estimate of drug-likeness (QED) is 0.338. The van der Waals surface area contributed by atoms with Crippen LogP contribution in [0.5, 0.6) is 0 Å². The number of halogens is 2. The zero-order chi connectivity index (χ0) is 23.9. The first kappa shape index (κ1) is 23.2.